The van der Waals surface area contributed by atoms with Gasteiger partial charge in [0, 0.05) is 18.2 Å². The molecule has 2 aliphatic rings. The number of urea groups is 1. The molecule has 3 N–H and O–H groups in total. The number of anilines is 1. The van der Waals surface area contributed by atoms with Crippen molar-refractivity contribution in [1.29, 1.82) is 0 Å². The summed E-state index contributed by atoms with van der Waals surface area (Å²) >= 11 is 0. The fraction of sp³-hybridized carbons (Fsp3) is 0.160. The Morgan fingerprint density at radius 1 is 0.972 bits per heavy atom. The molecular formula is C25H19FN6O4. The van der Waals surface area contributed by atoms with Crippen LogP contribution in [0.5, 0.6) is 11.6 Å². The minimum Gasteiger partial charge on any atom is -0.439 e. The number of barbiturate groups is 1. The van der Waals surface area contributed by atoms with Crippen LogP contribution in [0.25, 0.3) is 22.4 Å². The van der Waals surface area contributed by atoms with Gasteiger partial charge in [0.2, 0.25) is 5.88 Å². The number of H-pyrrole nitrogens is 1. The van der Waals surface area contributed by atoms with E-state index in [1.54, 1.807) is 35.2 Å². The molecule has 1 spiro atoms. The van der Waals surface area contributed by atoms with Crippen LogP contribution in [0.2, 0.25) is 0 Å². The number of carbonyl (C=O) groups excluding carboxylic acids is 3. The molecule has 0 unspecified atom stereocenters. The Bertz CT molecular complexity index is 1500. The van der Waals surface area contributed by atoms with Gasteiger partial charge in [-0.05, 0) is 61.4 Å². The summed E-state index contributed by atoms with van der Waals surface area (Å²) in [5.41, 5.74) is 1.19. The van der Waals surface area contributed by atoms with Crippen LogP contribution < -0.4 is 20.3 Å². The molecule has 6 rings (SSSR count). The summed E-state index contributed by atoms with van der Waals surface area (Å²) in [5.74, 6) is -0.121. The summed E-state index contributed by atoms with van der Waals surface area (Å²) in [6.45, 7) is 0.465. The first-order chi connectivity index (χ1) is 17.4. The molecule has 0 aliphatic carbocycles. The molecule has 0 radical (unpaired) electrons. The number of fused-ring (bicyclic) bond motifs is 1. The Labute approximate surface area is 203 Å². The fourth-order valence-corrected chi connectivity index (χ4v) is 4.70. The third kappa shape index (κ3) is 3.52. The molecule has 4 aromatic rings. The maximum Gasteiger partial charge on any atom is 0.328 e. The van der Waals surface area contributed by atoms with E-state index in [-0.39, 0.29) is 5.82 Å². The summed E-state index contributed by atoms with van der Waals surface area (Å²) in [5, 5.41) is 4.39. The Kier molecular flexibility index (Phi) is 4.92. The van der Waals surface area contributed by atoms with Crippen molar-refractivity contribution in [1.82, 2.24) is 25.6 Å². The number of imide groups is 2. The average molecular weight is 486 g/mol. The maximum atomic E-state index is 13.4. The lowest BCUT2D eigenvalue weighted by molar-refractivity contribution is -0.137. The first-order valence-corrected chi connectivity index (χ1v) is 11.3. The molecule has 180 valence electrons. The number of ether oxygens (including phenoxy) is 1. The molecule has 4 heterocycles. The normalized spacial score (nSPS) is 16.9. The lowest BCUT2D eigenvalue weighted by atomic mass is 9.92. The molecule has 11 heteroatoms. The number of benzene rings is 2. The van der Waals surface area contributed by atoms with Gasteiger partial charge in [-0.2, -0.15) is 0 Å². The van der Waals surface area contributed by atoms with Crippen LogP contribution >= 0.6 is 0 Å². The number of amides is 4. The van der Waals surface area contributed by atoms with Crippen molar-refractivity contribution in [2.24, 2.45) is 0 Å². The topological polar surface area (TPSA) is 129 Å². The molecule has 2 saturated heterocycles. The highest BCUT2D eigenvalue weighted by molar-refractivity contribution is 6.24. The van der Waals surface area contributed by atoms with Crippen LogP contribution in [0.3, 0.4) is 0 Å². The second-order valence-electron chi connectivity index (χ2n) is 8.58. The predicted octanol–water partition coefficient (Wildman–Crippen LogP) is 3.26. The summed E-state index contributed by atoms with van der Waals surface area (Å²) in [4.78, 5) is 50.3. The fourth-order valence-electron chi connectivity index (χ4n) is 4.70. The Morgan fingerprint density at radius 2 is 1.75 bits per heavy atom. The van der Waals surface area contributed by atoms with E-state index >= 15 is 0 Å². The van der Waals surface area contributed by atoms with E-state index in [0.717, 1.165) is 5.56 Å². The highest BCUT2D eigenvalue weighted by atomic mass is 19.1. The minimum atomic E-state index is -1.48. The first-order valence-electron chi connectivity index (χ1n) is 11.3. The number of hydrogen-bond donors (Lipinski definition) is 3. The third-order valence-corrected chi connectivity index (χ3v) is 6.41. The number of halogens is 1. The van der Waals surface area contributed by atoms with Crippen LogP contribution in [-0.4, -0.2) is 44.9 Å². The van der Waals surface area contributed by atoms with Crippen LogP contribution in [0.15, 0.2) is 60.8 Å². The molecule has 2 aliphatic heterocycles. The summed E-state index contributed by atoms with van der Waals surface area (Å²) in [7, 11) is 0. The van der Waals surface area contributed by atoms with Crippen molar-refractivity contribution in [2.75, 3.05) is 11.4 Å². The van der Waals surface area contributed by atoms with Crippen molar-refractivity contribution >= 4 is 34.6 Å². The summed E-state index contributed by atoms with van der Waals surface area (Å²) < 4.78 is 19.3. The van der Waals surface area contributed by atoms with Gasteiger partial charge in [-0.1, -0.05) is 0 Å². The van der Waals surface area contributed by atoms with Gasteiger partial charge >= 0.3 is 6.03 Å². The van der Waals surface area contributed by atoms with E-state index < -0.39 is 23.4 Å². The van der Waals surface area contributed by atoms with Crippen molar-refractivity contribution in [3.8, 4) is 23.0 Å². The van der Waals surface area contributed by atoms with Gasteiger partial charge in [0.05, 0.1) is 22.9 Å². The number of nitrogens with zero attached hydrogens (tertiary/aromatic N) is 3. The largest absolute Gasteiger partial charge is 0.439 e. The van der Waals surface area contributed by atoms with Gasteiger partial charge in [-0.15, -0.1) is 0 Å². The van der Waals surface area contributed by atoms with Crippen molar-refractivity contribution in [2.45, 2.75) is 18.4 Å². The minimum absolute atomic E-state index is 0.294. The lowest BCUT2D eigenvalue weighted by Gasteiger charge is -2.38. The molecule has 0 bridgehead atoms. The predicted molar refractivity (Wildman–Crippen MR) is 127 cm³/mol. The number of hydrogen-bond acceptors (Lipinski definition) is 7. The molecule has 36 heavy (non-hydrogen) atoms. The van der Waals surface area contributed by atoms with E-state index in [0.29, 0.717) is 53.6 Å². The van der Waals surface area contributed by atoms with Crippen LogP contribution in [0.1, 0.15) is 12.8 Å². The number of rotatable bonds is 4. The number of nitrogens with one attached hydrogen (secondary N) is 3. The quantitative estimate of drug-likeness (QED) is 0.378. The number of pyridine rings is 1. The van der Waals surface area contributed by atoms with Crippen LogP contribution in [-0.2, 0) is 9.59 Å². The molecule has 0 saturated carbocycles. The van der Waals surface area contributed by atoms with Crippen molar-refractivity contribution in [3.63, 3.8) is 0 Å². The van der Waals surface area contributed by atoms with Crippen LogP contribution in [0.4, 0.5) is 14.9 Å². The van der Waals surface area contributed by atoms with E-state index in [4.69, 9.17) is 4.74 Å². The zero-order valence-electron chi connectivity index (χ0n) is 18.7. The van der Waals surface area contributed by atoms with Gasteiger partial charge in [0.1, 0.15) is 17.4 Å². The first kappa shape index (κ1) is 21.7. The van der Waals surface area contributed by atoms with E-state index in [1.807, 2.05) is 12.1 Å². The average Bonchev–Trinajstić information content (AvgIpc) is 3.49. The van der Waals surface area contributed by atoms with E-state index in [1.165, 1.54) is 18.3 Å². The van der Waals surface area contributed by atoms with Gasteiger partial charge in [0.25, 0.3) is 11.8 Å². The third-order valence-electron chi connectivity index (χ3n) is 6.41. The highest BCUT2D eigenvalue weighted by Crippen LogP contribution is 2.36. The van der Waals surface area contributed by atoms with Crippen molar-refractivity contribution in [3.05, 3.63) is 66.6 Å². The van der Waals surface area contributed by atoms with E-state index in [2.05, 4.69) is 25.6 Å². The summed E-state index contributed by atoms with van der Waals surface area (Å²) in [6, 6.07) is 14.1. The van der Waals surface area contributed by atoms with Gasteiger partial charge in [0.15, 0.2) is 5.54 Å². The maximum absolute atomic E-state index is 13.4. The SMILES string of the molecule is O=C1NC(=O)C2(CCCN2c2ccc(Oc3ccc(-c4nc5ccc(F)cc5[nH]4)cc3)nc2)C(=O)N1. The van der Waals surface area contributed by atoms with Gasteiger partial charge in [-0.25, -0.2) is 19.2 Å². The summed E-state index contributed by atoms with van der Waals surface area (Å²) in [6.07, 6.45) is 2.43. The number of imidazole rings is 1. The second-order valence-corrected chi connectivity index (χ2v) is 8.58. The molecule has 2 fully saturated rings. The number of carbonyl (C=O) groups is 3. The smallest absolute Gasteiger partial charge is 0.328 e. The standard InChI is InChI=1S/C25H19FN6O4/c26-15-4-8-18-19(12-15)29-21(28-18)14-2-6-17(7-3-14)36-20-9-5-16(13-27-20)32-11-1-10-25(32)22(33)30-24(35)31-23(25)34/h2-9,12-13H,1,10-11H2,(H,28,29)(H2,30,31,33,34,35). The van der Waals surface area contributed by atoms with Crippen molar-refractivity contribution < 1.29 is 23.5 Å². The molecular weight excluding hydrogens is 467 g/mol. The highest BCUT2D eigenvalue weighted by Gasteiger charge is 2.57. The molecule has 2 aromatic heterocycles. The molecule has 2 aromatic carbocycles. The molecule has 4 amide bonds. The monoisotopic (exact) mass is 486 g/mol. The Hall–Kier alpha value is -4.80. The Balaban J connectivity index is 1.18. The zero-order chi connectivity index (χ0) is 24.9. The molecule has 10 nitrogen and oxygen atoms in total. The van der Waals surface area contributed by atoms with E-state index in [9.17, 15) is 18.8 Å². The second kappa shape index (κ2) is 8.15. The molecule has 0 atom stereocenters. The van der Waals surface area contributed by atoms with Crippen LogP contribution in [0, 0.1) is 5.82 Å². The van der Waals surface area contributed by atoms with Gasteiger partial charge in [-0.3, -0.25) is 20.2 Å². The number of aromatic nitrogens is 3. The van der Waals surface area contributed by atoms with Gasteiger partial charge < -0.3 is 14.6 Å². The zero-order valence-corrected chi connectivity index (χ0v) is 18.7. The lowest BCUT2D eigenvalue weighted by Crippen LogP contribution is -2.71. The number of aromatic amines is 1. The Morgan fingerprint density at radius 3 is 2.47 bits per heavy atom.